The topological polar surface area (TPSA) is 58.6 Å². The summed E-state index contributed by atoms with van der Waals surface area (Å²) in [6, 6.07) is 11.1. The van der Waals surface area contributed by atoms with Crippen molar-refractivity contribution in [2.75, 3.05) is 18.5 Å². The molecule has 4 rings (SSSR count). The second kappa shape index (κ2) is 5.71. The molecule has 1 atom stereocenters. The number of fused-ring (bicyclic) bond motifs is 3. The van der Waals surface area contributed by atoms with E-state index >= 15 is 0 Å². The van der Waals surface area contributed by atoms with Crippen LogP contribution in [0, 0.1) is 0 Å². The average molecular weight is 344 g/mol. The number of carbonyl (C=O) groups is 1. The zero-order chi connectivity index (χ0) is 16.7. The monoisotopic (exact) mass is 343 g/mol. The number of carboxylic acids is 1. The van der Waals surface area contributed by atoms with Crippen LogP contribution in [0.1, 0.15) is 34.3 Å². The highest BCUT2D eigenvalue weighted by atomic mass is 35.5. The van der Waals surface area contributed by atoms with Gasteiger partial charge in [0.05, 0.1) is 17.9 Å². The van der Waals surface area contributed by atoms with Gasteiger partial charge < -0.3 is 15.2 Å². The number of aromatic carboxylic acids is 1. The molecule has 0 bridgehead atoms. The van der Waals surface area contributed by atoms with Gasteiger partial charge in [-0.25, -0.2) is 4.79 Å². The number of rotatable bonds is 1. The second-order valence-corrected chi connectivity index (χ2v) is 7.03. The maximum atomic E-state index is 11.2. The number of hydrogen-bond acceptors (Lipinski definition) is 3. The molecule has 4 nitrogen and oxygen atoms in total. The summed E-state index contributed by atoms with van der Waals surface area (Å²) in [4.78, 5) is 11.2. The maximum absolute atomic E-state index is 11.2. The first-order valence-electron chi connectivity index (χ1n) is 8.10. The predicted molar refractivity (Wildman–Crippen MR) is 93.5 cm³/mol. The maximum Gasteiger partial charge on any atom is 0.335 e. The molecule has 24 heavy (non-hydrogen) atoms. The van der Waals surface area contributed by atoms with Gasteiger partial charge in [0.2, 0.25) is 0 Å². The second-order valence-electron chi connectivity index (χ2n) is 6.59. The first-order valence-corrected chi connectivity index (χ1v) is 8.48. The van der Waals surface area contributed by atoms with Crippen LogP contribution in [-0.4, -0.2) is 24.2 Å². The molecule has 0 aromatic heterocycles. The van der Waals surface area contributed by atoms with Crippen LogP contribution in [0.2, 0.25) is 5.02 Å². The lowest BCUT2D eigenvalue weighted by Gasteiger charge is -2.37. The molecule has 0 amide bonds. The lowest BCUT2D eigenvalue weighted by molar-refractivity contribution is 0.0697. The number of nitrogens with one attached hydrogen (secondary N) is 1. The third-order valence-corrected chi connectivity index (χ3v) is 5.32. The van der Waals surface area contributed by atoms with Crippen molar-refractivity contribution < 1.29 is 14.6 Å². The number of halogens is 1. The number of anilines is 1. The number of aryl methyl sites for hydroxylation is 1. The molecule has 2 N–H and O–H groups in total. The fourth-order valence-corrected chi connectivity index (χ4v) is 4.03. The van der Waals surface area contributed by atoms with E-state index in [-0.39, 0.29) is 11.0 Å². The van der Waals surface area contributed by atoms with Gasteiger partial charge in [-0.1, -0.05) is 17.7 Å². The van der Waals surface area contributed by atoms with Crippen LogP contribution in [-0.2, 0) is 11.8 Å². The molecule has 0 saturated heterocycles. The molecular formula is C19H18ClNO3. The van der Waals surface area contributed by atoms with Crippen molar-refractivity contribution in [3.8, 4) is 5.75 Å². The summed E-state index contributed by atoms with van der Waals surface area (Å²) in [5, 5.41) is 13.4. The smallest absolute Gasteiger partial charge is 0.335 e. The van der Waals surface area contributed by atoms with Crippen molar-refractivity contribution in [1.82, 2.24) is 0 Å². The van der Waals surface area contributed by atoms with Crippen molar-refractivity contribution in [2.45, 2.75) is 24.7 Å². The molecule has 1 spiro atoms. The Morgan fingerprint density at radius 1 is 1.25 bits per heavy atom. The number of ether oxygens (including phenoxy) is 1. The van der Waals surface area contributed by atoms with Crippen molar-refractivity contribution in [3.63, 3.8) is 0 Å². The molecule has 2 aliphatic rings. The minimum atomic E-state index is -0.934. The number of benzene rings is 2. The fraction of sp³-hybridized carbons (Fsp3) is 0.316. The lowest BCUT2D eigenvalue weighted by Crippen LogP contribution is -2.41. The van der Waals surface area contributed by atoms with Gasteiger partial charge in [0.25, 0.3) is 0 Å². The Kier molecular flexibility index (Phi) is 3.65. The molecule has 1 aliphatic carbocycles. The minimum Gasteiger partial charge on any atom is -0.490 e. The highest BCUT2D eigenvalue weighted by molar-refractivity contribution is 6.30. The van der Waals surface area contributed by atoms with Gasteiger partial charge in [-0.05, 0) is 60.7 Å². The van der Waals surface area contributed by atoms with E-state index in [4.69, 9.17) is 16.3 Å². The van der Waals surface area contributed by atoms with Crippen LogP contribution in [0.5, 0.6) is 5.75 Å². The average Bonchev–Trinajstić information content (AvgIpc) is 2.75. The van der Waals surface area contributed by atoms with Gasteiger partial charge >= 0.3 is 5.97 Å². The van der Waals surface area contributed by atoms with E-state index in [1.807, 2.05) is 6.07 Å². The van der Waals surface area contributed by atoms with Crippen molar-refractivity contribution in [1.29, 1.82) is 0 Å². The third kappa shape index (κ3) is 2.51. The van der Waals surface area contributed by atoms with Crippen LogP contribution >= 0.6 is 11.6 Å². The summed E-state index contributed by atoms with van der Waals surface area (Å²) in [6.07, 6.45) is 3.16. The molecule has 0 radical (unpaired) electrons. The summed E-state index contributed by atoms with van der Waals surface area (Å²) in [7, 11) is 0. The molecule has 2 aromatic carbocycles. The molecule has 124 valence electrons. The Hall–Kier alpha value is -2.20. The number of hydrogen-bond donors (Lipinski definition) is 2. The highest BCUT2D eigenvalue weighted by Crippen LogP contribution is 2.42. The Labute approximate surface area is 145 Å². The number of carboxylic acid groups (broad SMARTS) is 1. The fourth-order valence-electron chi connectivity index (χ4n) is 3.83. The summed E-state index contributed by atoms with van der Waals surface area (Å²) in [5.41, 5.74) is 3.47. The zero-order valence-corrected chi connectivity index (χ0v) is 13.9. The van der Waals surface area contributed by atoms with Crippen LogP contribution in [0.4, 0.5) is 5.69 Å². The normalized spacial score (nSPS) is 21.9. The van der Waals surface area contributed by atoms with Gasteiger partial charge in [0, 0.05) is 17.0 Å². The Morgan fingerprint density at radius 3 is 2.96 bits per heavy atom. The van der Waals surface area contributed by atoms with Gasteiger partial charge in [0.1, 0.15) is 5.75 Å². The van der Waals surface area contributed by atoms with Crippen LogP contribution in [0.25, 0.3) is 0 Å². The van der Waals surface area contributed by atoms with Gasteiger partial charge in [-0.3, -0.25) is 0 Å². The van der Waals surface area contributed by atoms with E-state index in [9.17, 15) is 9.90 Å². The molecular weight excluding hydrogens is 326 g/mol. The summed E-state index contributed by atoms with van der Waals surface area (Å²) < 4.78 is 6.08. The van der Waals surface area contributed by atoms with E-state index in [2.05, 4.69) is 17.4 Å². The van der Waals surface area contributed by atoms with E-state index in [0.29, 0.717) is 12.4 Å². The van der Waals surface area contributed by atoms with E-state index in [1.54, 1.807) is 18.2 Å². The van der Waals surface area contributed by atoms with E-state index in [1.165, 1.54) is 11.1 Å². The Morgan fingerprint density at radius 2 is 2.12 bits per heavy atom. The van der Waals surface area contributed by atoms with Crippen LogP contribution in [0.15, 0.2) is 36.4 Å². The Bertz CT molecular complexity index is 820. The molecule has 0 saturated carbocycles. The summed E-state index contributed by atoms with van der Waals surface area (Å²) >= 11 is 6.15. The molecule has 1 aliphatic heterocycles. The quantitative estimate of drug-likeness (QED) is 0.817. The van der Waals surface area contributed by atoms with Gasteiger partial charge in [0.15, 0.2) is 0 Å². The molecule has 0 fully saturated rings. The summed E-state index contributed by atoms with van der Waals surface area (Å²) in [6.45, 7) is 1.30. The van der Waals surface area contributed by atoms with Gasteiger partial charge in [-0.15, -0.1) is 0 Å². The Balaban J connectivity index is 1.70. The predicted octanol–water partition coefficient (Wildman–Crippen LogP) is 4.12. The van der Waals surface area contributed by atoms with Crippen molar-refractivity contribution in [3.05, 3.63) is 58.1 Å². The van der Waals surface area contributed by atoms with Crippen LogP contribution in [0.3, 0.4) is 0 Å². The minimum absolute atomic E-state index is 0.111. The molecule has 1 heterocycles. The lowest BCUT2D eigenvalue weighted by atomic mass is 9.70. The highest BCUT2D eigenvalue weighted by Gasteiger charge is 2.39. The van der Waals surface area contributed by atoms with Crippen molar-refractivity contribution in [2.24, 2.45) is 0 Å². The largest absolute Gasteiger partial charge is 0.490 e. The first-order chi connectivity index (χ1) is 11.6. The summed E-state index contributed by atoms with van der Waals surface area (Å²) in [5.74, 6) is -0.228. The standard InChI is InChI=1S/C19H18ClNO3/c20-14-4-5-15-12(8-14)2-1-7-19(15)10-21-16-9-13(18(22)23)3-6-17(16)24-11-19/h3-6,8-9,21H,1-2,7,10-11H2,(H,22,23)/t19-/m0/s1. The first kappa shape index (κ1) is 15.3. The molecule has 5 heteroatoms. The van der Waals surface area contributed by atoms with Gasteiger partial charge in [-0.2, -0.15) is 0 Å². The van der Waals surface area contributed by atoms with E-state index < -0.39 is 5.97 Å². The third-order valence-electron chi connectivity index (χ3n) is 5.09. The zero-order valence-electron chi connectivity index (χ0n) is 13.1. The van der Waals surface area contributed by atoms with E-state index in [0.717, 1.165) is 36.5 Å². The molecule has 0 unspecified atom stereocenters. The van der Waals surface area contributed by atoms with Crippen LogP contribution < -0.4 is 10.1 Å². The SMILES string of the molecule is O=C(O)c1ccc2c(c1)NC[C@@]1(CCCc3cc(Cl)ccc31)CO2. The van der Waals surface area contributed by atoms with Crippen molar-refractivity contribution >= 4 is 23.3 Å². The molecule has 2 aromatic rings.